The summed E-state index contributed by atoms with van der Waals surface area (Å²) in [6, 6.07) is 1.48. The van der Waals surface area contributed by atoms with Gasteiger partial charge in [0.05, 0.1) is 11.8 Å². The van der Waals surface area contributed by atoms with Gasteiger partial charge >= 0.3 is 5.97 Å². The first-order chi connectivity index (χ1) is 9.86. The van der Waals surface area contributed by atoms with E-state index in [1.165, 1.54) is 6.07 Å². The van der Waals surface area contributed by atoms with Crippen LogP contribution in [0.15, 0.2) is 10.5 Å². The maximum Gasteiger partial charge on any atom is 0.339 e. The van der Waals surface area contributed by atoms with Crippen LogP contribution in [0.4, 0.5) is 0 Å². The molecule has 0 radical (unpaired) electrons. The summed E-state index contributed by atoms with van der Waals surface area (Å²) in [5.41, 5.74) is 0.149. The summed E-state index contributed by atoms with van der Waals surface area (Å²) >= 11 is 1.65. The molecule has 0 fully saturated rings. The number of aromatic carboxylic acids is 1. The smallest absolute Gasteiger partial charge is 0.339 e. The second-order valence-electron chi connectivity index (χ2n) is 5.05. The molecule has 0 spiro atoms. The van der Waals surface area contributed by atoms with Gasteiger partial charge in [-0.25, -0.2) is 4.79 Å². The number of rotatable bonds is 8. The van der Waals surface area contributed by atoms with Crippen LogP contribution in [-0.2, 0) is 11.3 Å². The molecule has 1 heterocycles. The van der Waals surface area contributed by atoms with Crippen LogP contribution < -0.4 is 0 Å². The molecule has 21 heavy (non-hydrogen) atoms. The van der Waals surface area contributed by atoms with Crippen molar-refractivity contribution >= 4 is 23.6 Å². The number of hydrogen-bond acceptors (Lipinski definition) is 4. The van der Waals surface area contributed by atoms with Gasteiger partial charge in [-0.05, 0) is 32.1 Å². The highest BCUT2D eigenvalue weighted by atomic mass is 32.2. The van der Waals surface area contributed by atoms with E-state index >= 15 is 0 Å². The van der Waals surface area contributed by atoms with Crippen molar-refractivity contribution in [1.29, 1.82) is 0 Å². The molecule has 1 aromatic rings. The maximum atomic E-state index is 12.2. The minimum absolute atomic E-state index is 0.0297. The van der Waals surface area contributed by atoms with E-state index in [1.807, 2.05) is 6.92 Å². The summed E-state index contributed by atoms with van der Waals surface area (Å²) in [6.45, 7) is 5.91. The highest BCUT2D eigenvalue weighted by Crippen LogP contribution is 2.19. The van der Waals surface area contributed by atoms with Crippen molar-refractivity contribution in [2.45, 2.75) is 45.4 Å². The quantitative estimate of drug-likeness (QED) is 0.746. The summed E-state index contributed by atoms with van der Waals surface area (Å²) < 4.78 is 5.39. The van der Waals surface area contributed by atoms with E-state index in [0.717, 1.165) is 18.6 Å². The first-order valence-corrected chi connectivity index (χ1v) is 8.10. The average molecular weight is 313 g/mol. The number of carboxylic acid groups (broad SMARTS) is 1. The maximum absolute atomic E-state index is 12.2. The standard InChI is InChI=1S/C15H23NO4S/c1-5-6-7-21-11(3)14(17)16(4)9-12-8-13(15(18)19)10(2)20-12/h8,11H,5-7,9H2,1-4H3,(H,18,19). The molecule has 1 unspecified atom stereocenters. The van der Waals surface area contributed by atoms with Crippen molar-refractivity contribution < 1.29 is 19.1 Å². The number of furan rings is 1. The molecule has 0 aliphatic carbocycles. The van der Waals surface area contributed by atoms with Crippen LogP contribution in [0.3, 0.4) is 0 Å². The monoisotopic (exact) mass is 313 g/mol. The van der Waals surface area contributed by atoms with Gasteiger partial charge in [-0.15, -0.1) is 11.8 Å². The molecule has 118 valence electrons. The summed E-state index contributed by atoms with van der Waals surface area (Å²) in [7, 11) is 1.71. The van der Waals surface area contributed by atoms with Crippen LogP contribution in [0.1, 0.15) is 48.6 Å². The number of carboxylic acids is 1. The number of carbonyl (C=O) groups excluding carboxylic acids is 1. The number of unbranched alkanes of at least 4 members (excludes halogenated alkanes) is 1. The van der Waals surface area contributed by atoms with Gasteiger partial charge < -0.3 is 14.4 Å². The molecule has 1 rings (SSSR count). The molecule has 0 bridgehead atoms. The lowest BCUT2D eigenvalue weighted by Gasteiger charge is -2.20. The molecule has 0 saturated heterocycles. The zero-order chi connectivity index (χ0) is 16.0. The Morgan fingerprint density at radius 2 is 2.14 bits per heavy atom. The highest BCUT2D eigenvalue weighted by Gasteiger charge is 2.20. The molecular formula is C15H23NO4S. The number of nitrogens with zero attached hydrogens (tertiary/aromatic N) is 1. The van der Waals surface area contributed by atoms with E-state index in [4.69, 9.17) is 9.52 Å². The second-order valence-corrected chi connectivity index (χ2v) is 6.50. The zero-order valence-corrected chi connectivity index (χ0v) is 13.8. The minimum atomic E-state index is -1.01. The first-order valence-electron chi connectivity index (χ1n) is 7.06. The van der Waals surface area contributed by atoms with Crippen molar-refractivity contribution in [3.05, 3.63) is 23.2 Å². The third-order valence-electron chi connectivity index (χ3n) is 3.18. The SMILES string of the molecule is CCCCSC(C)C(=O)N(C)Cc1cc(C(=O)O)c(C)o1. The van der Waals surface area contributed by atoms with Gasteiger partial charge in [0.25, 0.3) is 0 Å². The highest BCUT2D eigenvalue weighted by molar-refractivity contribution is 8.00. The number of carbonyl (C=O) groups is 2. The van der Waals surface area contributed by atoms with E-state index in [-0.39, 0.29) is 23.3 Å². The van der Waals surface area contributed by atoms with Crippen molar-refractivity contribution in [3.8, 4) is 0 Å². The van der Waals surface area contributed by atoms with E-state index in [9.17, 15) is 9.59 Å². The van der Waals surface area contributed by atoms with Crippen molar-refractivity contribution in [1.82, 2.24) is 4.90 Å². The Morgan fingerprint density at radius 1 is 1.48 bits per heavy atom. The van der Waals surface area contributed by atoms with Crippen molar-refractivity contribution in [2.75, 3.05) is 12.8 Å². The molecule has 6 heteroatoms. The Morgan fingerprint density at radius 3 is 2.67 bits per heavy atom. The average Bonchev–Trinajstić information content (AvgIpc) is 2.78. The predicted molar refractivity (Wildman–Crippen MR) is 83.7 cm³/mol. The van der Waals surface area contributed by atoms with Crippen LogP contribution in [0, 0.1) is 6.92 Å². The topological polar surface area (TPSA) is 70.8 Å². The van der Waals surface area contributed by atoms with Crippen LogP contribution in [0.2, 0.25) is 0 Å². The molecule has 0 aliphatic heterocycles. The Balaban J connectivity index is 2.59. The molecule has 1 atom stereocenters. The molecule has 0 saturated carbocycles. The van der Waals surface area contributed by atoms with Gasteiger partial charge in [-0.1, -0.05) is 13.3 Å². The van der Waals surface area contributed by atoms with E-state index < -0.39 is 5.97 Å². The van der Waals surface area contributed by atoms with Crippen LogP contribution in [0.25, 0.3) is 0 Å². The lowest BCUT2D eigenvalue weighted by atomic mass is 10.2. The summed E-state index contributed by atoms with van der Waals surface area (Å²) in [6.07, 6.45) is 2.22. The summed E-state index contributed by atoms with van der Waals surface area (Å²) in [5.74, 6) is 0.845. The van der Waals surface area contributed by atoms with E-state index in [1.54, 1.807) is 30.6 Å². The van der Waals surface area contributed by atoms with Gasteiger partial charge in [-0.3, -0.25) is 4.79 Å². The van der Waals surface area contributed by atoms with Crippen molar-refractivity contribution in [3.63, 3.8) is 0 Å². The second kappa shape index (κ2) is 8.12. The molecule has 0 aliphatic rings. The third kappa shape index (κ3) is 5.12. The minimum Gasteiger partial charge on any atom is -0.478 e. The molecule has 1 aromatic heterocycles. The van der Waals surface area contributed by atoms with Gasteiger partial charge in [-0.2, -0.15) is 0 Å². The fourth-order valence-electron chi connectivity index (χ4n) is 1.93. The molecular weight excluding hydrogens is 290 g/mol. The number of amides is 1. The normalized spacial score (nSPS) is 12.2. The Kier molecular flexibility index (Phi) is 6.81. The molecule has 1 N–H and O–H groups in total. The Bertz CT molecular complexity index is 498. The number of aryl methyl sites for hydroxylation is 1. The van der Waals surface area contributed by atoms with Gasteiger partial charge in [0.1, 0.15) is 17.1 Å². The van der Waals surface area contributed by atoms with Crippen molar-refractivity contribution in [2.24, 2.45) is 0 Å². The summed E-state index contributed by atoms with van der Waals surface area (Å²) in [4.78, 5) is 24.8. The zero-order valence-electron chi connectivity index (χ0n) is 13.0. The Labute approximate surface area is 129 Å². The number of thioether (sulfide) groups is 1. The molecule has 5 nitrogen and oxygen atoms in total. The van der Waals surface area contributed by atoms with Gasteiger partial charge in [0.2, 0.25) is 5.91 Å². The van der Waals surface area contributed by atoms with E-state index in [2.05, 4.69) is 6.92 Å². The third-order valence-corrected chi connectivity index (χ3v) is 4.41. The van der Waals surface area contributed by atoms with Gasteiger partial charge in [0, 0.05) is 7.05 Å². The Hall–Kier alpha value is -1.43. The summed E-state index contributed by atoms with van der Waals surface area (Å²) in [5, 5.41) is 8.89. The van der Waals surface area contributed by atoms with E-state index in [0.29, 0.717) is 11.5 Å². The predicted octanol–water partition coefficient (Wildman–Crippen LogP) is 3.17. The van der Waals surface area contributed by atoms with Crippen LogP contribution in [-0.4, -0.2) is 39.9 Å². The molecule has 0 aromatic carbocycles. The molecule has 1 amide bonds. The first kappa shape index (κ1) is 17.6. The van der Waals surface area contributed by atoms with Crippen LogP contribution in [0.5, 0.6) is 0 Å². The largest absolute Gasteiger partial charge is 0.478 e. The fourth-order valence-corrected chi connectivity index (χ4v) is 3.06. The lowest BCUT2D eigenvalue weighted by Crippen LogP contribution is -2.32. The van der Waals surface area contributed by atoms with Crippen LogP contribution >= 0.6 is 11.8 Å². The van der Waals surface area contributed by atoms with Gasteiger partial charge in [0.15, 0.2) is 0 Å². The fraction of sp³-hybridized carbons (Fsp3) is 0.600. The lowest BCUT2D eigenvalue weighted by molar-refractivity contribution is -0.129. The number of hydrogen-bond donors (Lipinski definition) is 1.